The Bertz CT molecular complexity index is 691. The lowest BCUT2D eigenvalue weighted by Gasteiger charge is -2.15. The third kappa shape index (κ3) is 10.2. The predicted molar refractivity (Wildman–Crippen MR) is 126 cm³/mol. The van der Waals surface area contributed by atoms with Crippen molar-refractivity contribution in [2.75, 3.05) is 0 Å². The summed E-state index contributed by atoms with van der Waals surface area (Å²) >= 11 is 0. The number of hydrogen-bond donors (Lipinski definition) is 0. The van der Waals surface area contributed by atoms with Crippen LogP contribution in [0.3, 0.4) is 0 Å². The molecule has 0 heterocycles. The molecule has 2 heteroatoms. The van der Waals surface area contributed by atoms with Gasteiger partial charge in [-0.05, 0) is 19.8 Å². The molecule has 0 N–H and O–H groups in total. The Labute approximate surface area is 183 Å². The van der Waals surface area contributed by atoms with E-state index in [9.17, 15) is 9.59 Å². The summed E-state index contributed by atoms with van der Waals surface area (Å²) < 4.78 is 0. The van der Waals surface area contributed by atoms with Crippen LogP contribution in [0.25, 0.3) is 0 Å². The van der Waals surface area contributed by atoms with Gasteiger partial charge in [-0.15, -0.1) is 0 Å². The lowest BCUT2D eigenvalue weighted by atomic mass is 9.88. The molecule has 1 aromatic carbocycles. The van der Waals surface area contributed by atoms with Gasteiger partial charge in [0, 0.05) is 24.3 Å². The largest absolute Gasteiger partial charge is 0.299 e. The molecule has 0 saturated heterocycles. The van der Waals surface area contributed by atoms with Gasteiger partial charge in [-0.1, -0.05) is 118 Å². The Balaban J connectivity index is 1.93. The van der Waals surface area contributed by atoms with Crippen LogP contribution in [0.15, 0.2) is 48.5 Å². The average Bonchev–Trinajstić information content (AvgIpc) is 2.77. The number of aryl methyl sites for hydroxylation is 1. The molecular weight excluding hydrogens is 368 g/mol. The monoisotopic (exact) mass is 408 g/mol. The van der Waals surface area contributed by atoms with Crippen molar-refractivity contribution in [3.05, 3.63) is 59.7 Å². The molecule has 0 amide bonds. The van der Waals surface area contributed by atoms with E-state index in [2.05, 4.69) is 0 Å². The van der Waals surface area contributed by atoms with E-state index in [1.165, 1.54) is 51.4 Å². The van der Waals surface area contributed by atoms with Crippen LogP contribution in [0.2, 0.25) is 0 Å². The molecule has 1 aromatic rings. The maximum atomic E-state index is 12.9. The fourth-order valence-corrected chi connectivity index (χ4v) is 4.26. The fourth-order valence-electron chi connectivity index (χ4n) is 4.26. The van der Waals surface area contributed by atoms with Crippen molar-refractivity contribution >= 4 is 11.6 Å². The quantitative estimate of drug-likeness (QED) is 0.463. The highest BCUT2D eigenvalue weighted by atomic mass is 16.1. The van der Waals surface area contributed by atoms with Crippen molar-refractivity contribution in [2.24, 2.45) is 5.92 Å². The molecule has 2 nitrogen and oxygen atoms in total. The van der Waals surface area contributed by atoms with Gasteiger partial charge in [0.05, 0.1) is 0 Å². The van der Waals surface area contributed by atoms with Crippen molar-refractivity contribution in [2.45, 2.75) is 96.8 Å². The van der Waals surface area contributed by atoms with Gasteiger partial charge in [-0.2, -0.15) is 0 Å². The minimum absolute atomic E-state index is 0.0613. The molecule has 1 aliphatic rings. The van der Waals surface area contributed by atoms with Gasteiger partial charge in [0.15, 0.2) is 5.78 Å². The molecule has 1 fully saturated rings. The Kier molecular flexibility index (Phi) is 12.1. The van der Waals surface area contributed by atoms with Gasteiger partial charge in [-0.3, -0.25) is 9.59 Å². The fraction of sp³-hybridized carbons (Fsp3) is 0.571. The Morgan fingerprint density at radius 2 is 1.20 bits per heavy atom. The maximum absolute atomic E-state index is 12.9. The van der Waals surface area contributed by atoms with Crippen molar-refractivity contribution in [3.8, 4) is 0 Å². The van der Waals surface area contributed by atoms with Gasteiger partial charge in [0.1, 0.15) is 5.78 Å². The molecule has 1 saturated carbocycles. The number of carbonyl (C=O) groups excluding carboxylic acids is 2. The van der Waals surface area contributed by atoms with Crippen LogP contribution in [0, 0.1) is 12.8 Å². The highest BCUT2D eigenvalue weighted by Crippen LogP contribution is 2.23. The van der Waals surface area contributed by atoms with Gasteiger partial charge < -0.3 is 0 Å². The van der Waals surface area contributed by atoms with E-state index >= 15 is 0 Å². The van der Waals surface area contributed by atoms with Crippen LogP contribution in [0.1, 0.15) is 106 Å². The van der Waals surface area contributed by atoms with Gasteiger partial charge in [0.2, 0.25) is 0 Å². The normalized spacial score (nSPS) is 17.0. The van der Waals surface area contributed by atoms with Crippen LogP contribution in [0.5, 0.6) is 0 Å². The lowest BCUT2D eigenvalue weighted by molar-refractivity contribution is -0.123. The minimum atomic E-state index is 0.0613. The lowest BCUT2D eigenvalue weighted by Crippen LogP contribution is -2.16. The predicted octanol–water partition coefficient (Wildman–Crippen LogP) is 7.96. The maximum Gasteiger partial charge on any atom is 0.163 e. The van der Waals surface area contributed by atoms with Crippen molar-refractivity contribution in [1.82, 2.24) is 0 Å². The first-order valence-electron chi connectivity index (χ1n) is 12.1. The van der Waals surface area contributed by atoms with Crippen LogP contribution >= 0.6 is 0 Å². The first kappa shape index (κ1) is 24.3. The standard InChI is InChI=1S/C28H40O2/c1-24-16-12-10-11-15-19-26(21-20-24)28(30)23-22-27(29)25-17-13-8-6-4-2-3-5-7-9-14-18-25/h10-12,15-16,19-21,25H,2-9,13-14,17-18,22-23H2,1H3. The van der Waals surface area contributed by atoms with Crippen LogP contribution < -0.4 is 0 Å². The molecule has 0 bridgehead atoms. The molecule has 0 aliphatic heterocycles. The van der Waals surface area contributed by atoms with Gasteiger partial charge in [0.25, 0.3) is 0 Å². The zero-order valence-corrected chi connectivity index (χ0v) is 18.9. The van der Waals surface area contributed by atoms with E-state index in [4.69, 9.17) is 0 Å². The van der Waals surface area contributed by atoms with Crippen LogP contribution in [-0.2, 0) is 4.79 Å². The third-order valence-electron chi connectivity index (χ3n) is 6.22. The van der Waals surface area contributed by atoms with Crippen molar-refractivity contribution < 1.29 is 9.59 Å². The second-order valence-electron chi connectivity index (χ2n) is 8.84. The molecule has 2 rings (SSSR count). The number of hydrogen-bond acceptors (Lipinski definition) is 2. The summed E-state index contributed by atoms with van der Waals surface area (Å²) in [5.41, 5.74) is 1.78. The molecule has 0 unspecified atom stereocenters. The summed E-state index contributed by atoms with van der Waals surface area (Å²) in [6.45, 7) is 2.02. The zero-order valence-electron chi connectivity index (χ0n) is 18.9. The number of ketones is 2. The Hall–Kier alpha value is -1.96. The summed E-state index contributed by atoms with van der Waals surface area (Å²) in [4.78, 5) is 25.7. The van der Waals surface area contributed by atoms with E-state index < -0.39 is 0 Å². The number of Topliss-reactive ketones (excluding diaryl/α,β-unsaturated/α-hetero) is 2. The molecule has 30 heavy (non-hydrogen) atoms. The van der Waals surface area contributed by atoms with Gasteiger partial charge >= 0.3 is 0 Å². The summed E-state index contributed by atoms with van der Waals surface area (Å²) in [5, 5.41) is 0. The molecular formula is C28H40O2. The highest BCUT2D eigenvalue weighted by molar-refractivity contribution is 5.98. The summed E-state index contributed by atoms with van der Waals surface area (Å²) in [6.07, 6.45) is 15.5. The van der Waals surface area contributed by atoms with Crippen LogP contribution in [-0.4, -0.2) is 11.6 Å². The topological polar surface area (TPSA) is 34.1 Å². The van der Waals surface area contributed by atoms with Gasteiger partial charge in [-0.25, -0.2) is 0 Å². The zero-order chi connectivity index (χ0) is 21.4. The van der Waals surface area contributed by atoms with Crippen LogP contribution in [0.4, 0.5) is 0 Å². The third-order valence-corrected chi connectivity index (χ3v) is 6.22. The van der Waals surface area contributed by atoms with E-state index in [1.54, 1.807) is 0 Å². The van der Waals surface area contributed by atoms with Crippen molar-refractivity contribution in [1.29, 1.82) is 0 Å². The Morgan fingerprint density at radius 1 is 0.667 bits per heavy atom. The second-order valence-corrected chi connectivity index (χ2v) is 8.84. The number of carbonyl (C=O) groups is 2. The van der Waals surface area contributed by atoms with E-state index in [0.29, 0.717) is 24.2 Å². The second kappa shape index (κ2) is 14.9. The van der Waals surface area contributed by atoms with E-state index in [0.717, 1.165) is 31.2 Å². The molecule has 0 spiro atoms. The molecule has 1 aliphatic carbocycles. The summed E-state index contributed by atoms with van der Waals surface area (Å²) in [5.74, 6) is 0.519. The first-order chi connectivity index (χ1) is 14.7. The van der Waals surface area contributed by atoms with E-state index in [-0.39, 0.29) is 11.7 Å². The molecule has 0 aromatic heterocycles. The number of rotatable bonds is 5. The molecule has 0 atom stereocenters. The van der Waals surface area contributed by atoms with E-state index in [1.807, 2.05) is 55.5 Å². The molecule has 0 radical (unpaired) electrons. The smallest absolute Gasteiger partial charge is 0.163 e. The average molecular weight is 409 g/mol. The minimum Gasteiger partial charge on any atom is -0.299 e. The summed E-state index contributed by atoms with van der Waals surface area (Å²) in [6, 6.07) is 15.5. The van der Waals surface area contributed by atoms with Crippen molar-refractivity contribution in [3.63, 3.8) is 0 Å². The first-order valence-corrected chi connectivity index (χ1v) is 12.1. The summed E-state index contributed by atoms with van der Waals surface area (Å²) in [7, 11) is 0. The SMILES string of the molecule is Cc1ccccccc(C(=O)CCC(=O)C2CCCCCCCCCCCC2)cc1. The Morgan fingerprint density at radius 3 is 1.80 bits per heavy atom. The molecule has 164 valence electrons. The highest BCUT2D eigenvalue weighted by Gasteiger charge is 2.19.